The summed E-state index contributed by atoms with van der Waals surface area (Å²) < 4.78 is 24.1. The number of aromatic amines is 1. The second-order valence-corrected chi connectivity index (χ2v) is 4.42. The first-order valence-corrected chi connectivity index (χ1v) is 5.63. The highest BCUT2D eigenvalue weighted by molar-refractivity contribution is 5.80. The maximum absolute atomic E-state index is 11.9. The van der Waals surface area contributed by atoms with Crippen molar-refractivity contribution in [1.82, 2.24) is 19.5 Å². The molecule has 0 aromatic heterocycles. The molecular weight excluding hydrogens is 244 g/mol. The molecule has 0 unspecified atom stereocenters. The van der Waals surface area contributed by atoms with Crippen LogP contribution in [0.5, 0.6) is 0 Å². The molecule has 2 heterocycles. The fraction of sp³-hybridized carbons (Fsp3) is 0.231. The minimum atomic E-state index is -2.60. The maximum Gasteiger partial charge on any atom is 0.349 e. The molecule has 0 saturated carbocycles. The topological polar surface area (TPSA) is 80.6 Å². The molecular formula is C13H12N4O2. The van der Waals surface area contributed by atoms with Crippen LogP contribution in [0.3, 0.4) is 0 Å². The van der Waals surface area contributed by atoms with E-state index >= 15 is 0 Å². The monoisotopic (exact) mass is 259 g/mol. The molecule has 0 spiro atoms. The molecule has 0 aliphatic carbocycles. The Morgan fingerprint density at radius 2 is 1.95 bits per heavy atom. The third kappa shape index (κ3) is 1.64. The molecule has 0 radical (unpaired) electrons. The third-order valence-electron chi connectivity index (χ3n) is 3.13. The zero-order valence-electron chi connectivity index (χ0n) is 13.3. The van der Waals surface area contributed by atoms with Crippen molar-refractivity contribution in [3.8, 4) is 11.5 Å². The molecule has 0 atom stereocenters. The van der Waals surface area contributed by atoms with E-state index in [0.717, 1.165) is 15.7 Å². The van der Waals surface area contributed by atoms with Crippen LogP contribution in [0, 0.1) is 13.8 Å². The molecule has 1 N–H and O–H groups in total. The average molecular weight is 259 g/mol. The lowest BCUT2D eigenvalue weighted by molar-refractivity contribution is 0.870. The summed E-state index contributed by atoms with van der Waals surface area (Å²) in [5.41, 5.74) is 0.617. The van der Waals surface area contributed by atoms with E-state index in [4.69, 9.17) is 4.11 Å². The average Bonchev–Trinajstić information content (AvgIpc) is 2.37. The van der Waals surface area contributed by atoms with Crippen molar-refractivity contribution in [2.75, 3.05) is 0 Å². The molecule has 0 bridgehead atoms. The van der Waals surface area contributed by atoms with Crippen LogP contribution in [0.25, 0.3) is 22.6 Å². The van der Waals surface area contributed by atoms with Crippen LogP contribution < -0.4 is 11.2 Å². The molecule has 6 nitrogen and oxygen atoms in total. The number of nitrogens with zero attached hydrogens (tertiary/aromatic N) is 3. The van der Waals surface area contributed by atoms with Gasteiger partial charge < -0.3 is 4.57 Å². The first-order chi connectivity index (χ1) is 10.2. The van der Waals surface area contributed by atoms with Gasteiger partial charge in [0.05, 0.1) is 11.0 Å². The lowest BCUT2D eigenvalue weighted by atomic mass is 10.1. The van der Waals surface area contributed by atoms with E-state index in [1.165, 1.54) is 0 Å². The van der Waals surface area contributed by atoms with E-state index in [1.54, 1.807) is 12.1 Å². The van der Waals surface area contributed by atoms with Gasteiger partial charge in [-0.05, 0) is 37.1 Å². The zero-order valence-corrected chi connectivity index (χ0v) is 10.3. The van der Waals surface area contributed by atoms with Gasteiger partial charge in [0.2, 0.25) is 0 Å². The molecule has 19 heavy (non-hydrogen) atoms. The molecule has 0 fully saturated rings. The number of aryl methyl sites for hydroxylation is 3. The Hall–Kier alpha value is -2.50. The molecule has 96 valence electrons. The number of rotatable bonds is 0. The van der Waals surface area contributed by atoms with Crippen molar-refractivity contribution >= 4 is 11.0 Å². The minimum Gasteiger partial charge on any atom is -0.325 e. The summed E-state index contributed by atoms with van der Waals surface area (Å²) in [6, 6.07) is 3.37. The molecule has 2 aliphatic rings. The fourth-order valence-electron chi connectivity index (χ4n) is 1.98. The van der Waals surface area contributed by atoms with Crippen molar-refractivity contribution in [3.63, 3.8) is 0 Å². The Labute approximate surface area is 112 Å². The quantitative estimate of drug-likeness (QED) is 0.604. The molecule has 0 amide bonds. The molecule has 1 aromatic carbocycles. The SMILES string of the molecule is [2H]C([2H])([2H])n1c2nc(=O)[nH]c(=O)c-2nc2cc(C)c(C)cc21. The fourth-order valence-corrected chi connectivity index (χ4v) is 1.98. The highest BCUT2D eigenvalue weighted by Gasteiger charge is 2.16. The van der Waals surface area contributed by atoms with E-state index in [0.29, 0.717) is 11.0 Å². The van der Waals surface area contributed by atoms with Gasteiger partial charge in [-0.2, -0.15) is 4.98 Å². The normalized spacial score (nSPS) is 14.3. The van der Waals surface area contributed by atoms with Gasteiger partial charge in [0, 0.05) is 11.1 Å². The van der Waals surface area contributed by atoms with Crippen molar-refractivity contribution < 1.29 is 4.11 Å². The van der Waals surface area contributed by atoms with Gasteiger partial charge in [0.15, 0.2) is 11.5 Å². The number of hydrogen-bond acceptors (Lipinski definition) is 4. The van der Waals surface area contributed by atoms with E-state index < -0.39 is 18.2 Å². The van der Waals surface area contributed by atoms with Crippen LogP contribution in [-0.2, 0) is 6.98 Å². The summed E-state index contributed by atoms with van der Waals surface area (Å²) >= 11 is 0. The Morgan fingerprint density at radius 1 is 1.21 bits per heavy atom. The predicted molar refractivity (Wildman–Crippen MR) is 71.5 cm³/mol. The summed E-state index contributed by atoms with van der Waals surface area (Å²) in [4.78, 5) is 33.2. The smallest absolute Gasteiger partial charge is 0.325 e. The summed E-state index contributed by atoms with van der Waals surface area (Å²) in [5.74, 6) is -0.246. The standard InChI is InChI=1S/C13H12N4O2/c1-6-4-8-9(5-7(6)2)17(3)11-10(14-8)12(18)16-13(19)15-11/h4-5H,1-3H3,(H,16,18,19)/i3D3. The van der Waals surface area contributed by atoms with Crippen molar-refractivity contribution in [1.29, 1.82) is 0 Å². The summed E-state index contributed by atoms with van der Waals surface area (Å²) in [6.45, 7) is 1.10. The molecule has 6 heteroatoms. The van der Waals surface area contributed by atoms with Crippen LogP contribution in [0.2, 0.25) is 0 Å². The Morgan fingerprint density at radius 3 is 2.68 bits per heavy atom. The Bertz CT molecular complexity index is 988. The largest absolute Gasteiger partial charge is 0.349 e. The van der Waals surface area contributed by atoms with Gasteiger partial charge in [-0.15, -0.1) is 0 Å². The van der Waals surface area contributed by atoms with E-state index in [9.17, 15) is 9.59 Å². The van der Waals surface area contributed by atoms with Gasteiger partial charge in [0.1, 0.15) is 0 Å². The van der Waals surface area contributed by atoms with Gasteiger partial charge in [-0.1, -0.05) is 0 Å². The number of benzene rings is 1. The van der Waals surface area contributed by atoms with Gasteiger partial charge >= 0.3 is 5.69 Å². The Balaban J connectivity index is 2.66. The first-order valence-electron chi connectivity index (χ1n) is 7.13. The highest BCUT2D eigenvalue weighted by atomic mass is 16.2. The van der Waals surface area contributed by atoms with Crippen molar-refractivity contribution in [2.24, 2.45) is 6.98 Å². The number of aromatic nitrogens is 4. The van der Waals surface area contributed by atoms with Gasteiger partial charge in [-0.3, -0.25) is 9.78 Å². The van der Waals surface area contributed by atoms with Crippen LogP contribution in [0.15, 0.2) is 21.7 Å². The molecule has 1 aromatic rings. The number of nitrogens with one attached hydrogen (secondary N) is 1. The summed E-state index contributed by atoms with van der Waals surface area (Å²) in [6.07, 6.45) is 0. The molecule has 2 aliphatic heterocycles. The predicted octanol–water partition coefficient (Wildman–Crippen LogP) is 0.738. The summed E-state index contributed by atoms with van der Waals surface area (Å²) in [7, 11) is 0. The van der Waals surface area contributed by atoms with Crippen molar-refractivity contribution in [2.45, 2.75) is 13.8 Å². The lowest BCUT2D eigenvalue weighted by Crippen LogP contribution is -2.28. The van der Waals surface area contributed by atoms with Gasteiger partial charge in [-0.25, -0.2) is 9.78 Å². The Kier molecular flexibility index (Phi) is 1.69. The van der Waals surface area contributed by atoms with Crippen LogP contribution in [0.1, 0.15) is 15.2 Å². The van der Waals surface area contributed by atoms with Crippen LogP contribution in [-0.4, -0.2) is 19.5 Å². The first kappa shape index (κ1) is 8.58. The minimum absolute atomic E-state index is 0.175. The highest BCUT2D eigenvalue weighted by Crippen LogP contribution is 2.22. The zero-order chi connectivity index (χ0) is 16.2. The van der Waals surface area contributed by atoms with Crippen LogP contribution in [0.4, 0.5) is 0 Å². The second-order valence-electron chi connectivity index (χ2n) is 4.42. The summed E-state index contributed by atoms with van der Waals surface area (Å²) in [5, 5.41) is 0. The van der Waals surface area contributed by atoms with E-state index in [1.807, 2.05) is 18.8 Å². The number of fused-ring (bicyclic) bond motifs is 2. The second kappa shape index (κ2) is 3.74. The lowest BCUT2D eigenvalue weighted by Gasteiger charge is -2.13. The number of H-pyrrole nitrogens is 1. The third-order valence-corrected chi connectivity index (χ3v) is 3.13. The molecule has 3 rings (SSSR count). The van der Waals surface area contributed by atoms with Crippen LogP contribution >= 0.6 is 0 Å². The van der Waals surface area contributed by atoms with Gasteiger partial charge in [0.25, 0.3) is 5.56 Å². The van der Waals surface area contributed by atoms with E-state index in [2.05, 4.69) is 9.97 Å². The van der Waals surface area contributed by atoms with Crippen molar-refractivity contribution in [3.05, 3.63) is 44.1 Å². The van der Waals surface area contributed by atoms with E-state index in [-0.39, 0.29) is 11.5 Å². The number of hydrogen-bond donors (Lipinski definition) is 1. The molecule has 0 saturated heterocycles. The maximum atomic E-state index is 11.9.